The lowest BCUT2D eigenvalue weighted by Gasteiger charge is -2.36. The van der Waals surface area contributed by atoms with Crippen molar-refractivity contribution in [2.45, 2.75) is 52.0 Å². The van der Waals surface area contributed by atoms with Crippen LogP contribution in [0.25, 0.3) is 0 Å². The summed E-state index contributed by atoms with van der Waals surface area (Å²) in [7, 11) is 0. The Balaban J connectivity index is 1.40. The monoisotopic (exact) mass is 393 g/mol. The van der Waals surface area contributed by atoms with Gasteiger partial charge < -0.3 is 15.1 Å². The van der Waals surface area contributed by atoms with Crippen LogP contribution in [0, 0.1) is 13.8 Å². The summed E-state index contributed by atoms with van der Waals surface area (Å²) in [5, 5.41) is 3.52. The van der Waals surface area contributed by atoms with Crippen molar-refractivity contribution in [2.24, 2.45) is 0 Å². The summed E-state index contributed by atoms with van der Waals surface area (Å²) in [5.41, 5.74) is 2.99. The Bertz CT molecular complexity index is 854. The lowest BCUT2D eigenvalue weighted by atomic mass is 9.95. The van der Waals surface area contributed by atoms with Gasteiger partial charge in [0.1, 0.15) is 17.3 Å². The molecule has 0 bridgehead atoms. The Labute approximate surface area is 173 Å². The minimum absolute atomic E-state index is 0.00564. The molecule has 1 aromatic carbocycles. The first kappa shape index (κ1) is 19.7. The Kier molecular flexibility index (Phi) is 5.97. The maximum Gasteiger partial charge on any atom is 0.272 e. The molecule has 1 saturated carbocycles. The van der Waals surface area contributed by atoms with Gasteiger partial charge in [0.05, 0.1) is 0 Å². The zero-order valence-electron chi connectivity index (χ0n) is 17.5. The molecule has 6 heteroatoms. The van der Waals surface area contributed by atoms with Gasteiger partial charge in [-0.25, -0.2) is 9.97 Å². The van der Waals surface area contributed by atoms with E-state index in [2.05, 4.69) is 51.4 Å². The summed E-state index contributed by atoms with van der Waals surface area (Å²) in [4.78, 5) is 26.3. The molecule has 1 aromatic heterocycles. The standard InChI is InChI=1S/C23H31N5O/c1-17-7-6-10-20(15-17)27-11-13-28(14-12-27)23(29)21-16-22(25-18(2)24-21)26-19-8-4-3-5-9-19/h6-7,10,15-16,19H,3-5,8-9,11-14H2,1-2H3,(H,24,25,26). The molecule has 0 spiro atoms. The van der Waals surface area contributed by atoms with Gasteiger partial charge in [-0.1, -0.05) is 31.4 Å². The second kappa shape index (κ2) is 8.80. The smallest absolute Gasteiger partial charge is 0.272 e. The first-order chi connectivity index (χ1) is 14.1. The number of piperazine rings is 1. The molecule has 0 unspecified atom stereocenters. The highest BCUT2D eigenvalue weighted by Crippen LogP contribution is 2.22. The topological polar surface area (TPSA) is 61.4 Å². The Morgan fingerprint density at radius 1 is 1.00 bits per heavy atom. The highest BCUT2D eigenvalue weighted by molar-refractivity contribution is 5.93. The van der Waals surface area contributed by atoms with E-state index in [4.69, 9.17) is 0 Å². The average Bonchev–Trinajstić information content (AvgIpc) is 2.74. The largest absolute Gasteiger partial charge is 0.368 e. The summed E-state index contributed by atoms with van der Waals surface area (Å²) >= 11 is 0. The fourth-order valence-corrected chi connectivity index (χ4v) is 4.36. The van der Waals surface area contributed by atoms with Crippen molar-refractivity contribution >= 4 is 17.4 Å². The molecule has 0 radical (unpaired) electrons. The van der Waals surface area contributed by atoms with E-state index in [9.17, 15) is 4.79 Å². The third-order valence-electron chi connectivity index (χ3n) is 5.95. The van der Waals surface area contributed by atoms with Crippen LogP contribution in [0.4, 0.5) is 11.5 Å². The minimum Gasteiger partial charge on any atom is -0.368 e. The number of hydrogen-bond donors (Lipinski definition) is 1. The molecule has 1 saturated heterocycles. The third kappa shape index (κ3) is 4.86. The quantitative estimate of drug-likeness (QED) is 0.856. The molecular formula is C23H31N5O. The molecule has 6 nitrogen and oxygen atoms in total. The van der Waals surface area contributed by atoms with E-state index in [1.54, 1.807) is 0 Å². The van der Waals surface area contributed by atoms with Crippen molar-refractivity contribution < 1.29 is 4.79 Å². The zero-order valence-corrected chi connectivity index (χ0v) is 17.5. The number of rotatable bonds is 4. The molecule has 2 heterocycles. The second-order valence-electron chi connectivity index (χ2n) is 8.28. The molecule has 1 aliphatic heterocycles. The predicted molar refractivity (Wildman–Crippen MR) is 117 cm³/mol. The van der Waals surface area contributed by atoms with Crippen molar-refractivity contribution in [3.05, 3.63) is 47.4 Å². The summed E-state index contributed by atoms with van der Waals surface area (Å²) in [5.74, 6) is 1.43. The first-order valence-electron chi connectivity index (χ1n) is 10.8. The van der Waals surface area contributed by atoms with Crippen molar-refractivity contribution in [2.75, 3.05) is 36.4 Å². The van der Waals surface area contributed by atoms with Gasteiger partial charge in [0.15, 0.2) is 0 Å². The van der Waals surface area contributed by atoms with Gasteiger partial charge in [-0.2, -0.15) is 0 Å². The van der Waals surface area contributed by atoms with E-state index in [-0.39, 0.29) is 5.91 Å². The van der Waals surface area contributed by atoms with Crippen molar-refractivity contribution in [3.8, 4) is 0 Å². The fourth-order valence-electron chi connectivity index (χ4n) is 4.36. The van der Waals surface area contributed by atoms with Gasteiger partial charge in [0, 0.05) is 44.0 Å². The number of anilines is 2. The van der Waals surface area contributed by atoms with E-state index in [1.807, 2.05) is 17.9 Å². The van der Waals surface area contributed by atoms with Gasteiger partial charge in [-0.15, -0.1) is 0 Å². The average molecular weight is 394 g/mol. The number of nitrogens with zero attached hydrogens (tertiary/aromatic N) is 4. The molecule has 0 atom stereocenters. The van der Waals surface area contributed by atoms with Crippen LogP contribution in [-0.4, -0.2) is 53.0 Å². The van der Waals surface area contributed by atoms with Crippen LogP contribution < -0.4 is 10.2 Å². The second-order valence-corrected chi connectivity index (χ2v) is 8.28. The molecule has 1 N–H and O–H groups in total. The van der Waals surface area contributed by atoms with Crippen LogP contribution in [0.1, 0.15) is 54.0 Å². The predicted octanol–water partition coefficient (Wildman–Crippen LogP) is 3.80. The van der Waals surface area contributed by atoms with E-state index in [0.717, 1.165) is 18.9 Å². The SMILES string of the molecule is Cc1cccc(N2CCN(C(=O)c3cc(NC4CCCCC4)nc(C)n3)CC2)c1. The van der Waals surface area contributed by atoms with Gasteiger partial charge in [0.2, 0.25) is 0 Å². The normalized spacial score (nSPS) is 18.0. The highest BCUT2D eigenvalue weighted by Gasteiger charge is 2.24. The van der Waals surface area contributed by atoms with Crippen molar-refractivity contribution in [1.82, 2.24) is 14.9 Å². The number of hydrogen-bond acceptors (Lipinski definition) is 5. The maximum absolute atomic E-state index is 13.1. The number of benzene rings is 1. The Morgan fingerprint density at radius 2 is 1.76 bits per heavy atom. The number of aromatic nitrogens is 2. The fraction of sp³-hybridized carbons (Fsp3) is 0.522. The van der Waals surface area contributed by atoms with Crippen LogP contribution >= 0.6 is 0 Å². The molecule has 2 aliphatic rings. The van der Waals surface area contributed by atoms with E-state index in [1.165, 1.54) is 43.4 Å². The molecule has 2 aromatic rings. The molecule has 29 heavy (non-hydrogen) atoms. The van der Waals surface area contributed by atoms with E-state index in [0.29, 0.717) is 30.6 Å². The molecule has 1 aliphatic carbocycles. The zero-order chi connectivity index (χ0) is 20.2. The summed E-state index contributed by atoms with van der Waals surface area (Å²) in [6.07, 6.45) is 6.19. The number of carbonyl (C=O) groups excluding carboxylic acids is 1. The Hall–Kier alpha value is -2.63. The molecular weight excluding hydrogens is 362 g/mol. The maximum atomic E-state index is 13.1. The van der Waals surface area contributed by atoms with Gasteiger partial charge >= 0.3 is 0 Å². The molecule has 2 fully saturated rings. The van der Waals surface area contributed by atoms with Gasteiger partial charge in [0.25, 0.3) is 5.91 Å². The van der Waals surface area contributed by atoms with Gasteiger partial charge in [-0.05, 0) is 44.4 Å². The number of aryl methyl sites for hydroxylation is 2. The first-order valence-corrected chi connectivity index (χ1v) is 10.8. The molecule has 4 rings (SSSR count). The van der Waals surface area contributed by atoms with E-state index < -0.39 is 0 Å². The highest BCUT2D eigenvalue weighted by atomic mass is 16.2. The van der Waals surface area contributed by atoms with Crippen LogP contribution in [0.2, 0.25) is 0 Å². The summed E-state index contributed by atoms with van der Waals surface area (Å²) in [6.45, 7) is 7.07. The minimum atomic E-state index is 0.00564. The molecule has 154 valence electrons. The number of carbonyl (C=O) groups is 1. The van der Waals surface area contributed by atoms with Gasteiger partial charge in [-0.3, -0.25) is 4.79 Å². The summed E-state index contributed by atoms with van der Waals surface area (Å²) < 4.78 is 0. The van der Waals surface area contributed by atoms with Crippen LogP contribution in [-0.2, 0) is 0 Å². The lowest BCUT2D eigenvalue weighted by Crippen LogP contribution is -2.49. The lowest BCUT2D eigenvalue weighted by molar-refractivity contribution is 0.0740. The van der Waals surface area contributed by atoms with Crippen molar-refractivity contribution in [1.29, 1.82) is 0 Å². The number of nitrogens with one attached hydrogen (secondary N) is 1. The van der Waals surface area contributed by atoms with Crippen LogP contribution in [0.15, 0.2) is 30.3 Å². The Morgan fingerprint density at radius 3 is 2.48 bits per heavy atom. The van der Waals surface area contributed by atoms with E-state index >= 15 is 0 Å². The van der Waals surface area contributed by atoms with Crippen LogP contribution in [0.5, 0.6) is 0 Å². The van der Waals surface area contributed by atoms with Crippen molar-refractivity contribution in [3.63, 3.8) is 0 Å². The molecule has 1 amide bonds. The van der Waals surface area contributed by atoms with Crippen LogP contribution in [0.3, 0.4) is 0 Å². The summed E-state index contributed by atoms with van der Waals surface area (Å²) in [6, 6.07) is 10.8. The number of amides is 1. The third-order valence-corrected chi connectivity index (χ3v) is 5.95.